The second-order valence-corrected chi connectivity index (χ2v) is 4.70. The number of hydrogen-bond acceptors (Lipinski definition) is 4. The molecular weight excluding hydrogens is 288 g/mol. The molecule has 0 aliphatic carbocycles. The first-order valence-electron chi connectivity index (χ1n) is 6.28. The van der Waals surface area contributed by atoms with Gasteiger partial charge in [0.15, 0.2) is 11.5 Å². The Kier molecular flexibility index (Phi) is 3.62. The number of methoxy groups -OCH3 is 2. The standard InChI is InChI=1S/C16H12ClN2O2/c1-20-13-8-11-12(9-14(13)21-2)18-16(17)19-15(11)10-6-4-3-5-7-10/h3-4,6-9H,1-2H3. The zero-order valence-corrected chi connectivity index (χ0v) is 12.3. The Bertz CT molecular complexity index is 791. The molecule has 1 aromatic heterocycles. The molecule has 0 aliphatic heterocycles. The molecular formula is C16H12ClN2O2. The average Bonchev–Trinajstić information content (AvgIpc) is 2.53. The number of rotatable bonds is 3. The molecule has 105 valence electrons. The van der Waals surface area contributed by atoms with Crippen molar-refractivity contribution in [3.05, 3.63) is 47.7 Å². The molecule has 5 heteroatoms. The molecule has 4 nitrogen and oxygen atoms in total. The SMILES string of the molecule is COc1cc2nc(Cl)nc(-c3c[c]ccc3)c2cc1OC. The molecule has 0 unspecified atom stereocenters. The van der Waals surface area contributed by atoms with E-state index in [1.54, 1.807) is 20.3 Å². The maximum absolute atomic E-state index is 6.04. The van der Waals surface area contributed by atoms with Crippen molar-refractivity contribution in [3.63, 3.8) is 0 Å². The summed E-state index contributed by atoms with van der Waals surface area (Å²) in [5.74, 6) is 1.22. The number of benzene rings is 2. The maximum Gasteiger partial charge on any atom is 0.223 e. The summed E-state index contributed by atoms with van der Waals surface area (Å²) in [7, 11) is 3.18. The minimum atomic E-state index is 0.188. The number of hydrogen-bond donors (Lipinski definition) is 0. The molecule has 0 fully saturated rings. The van der Waals surface area contributed by atoms with Gasteiger partial charge in [-0.25, -0.2) is 9.97 Å². The lowest BCUT2D eigenvalue weighted by molar-refractivity contribution is 0.356. The number of ether oxygens (including phenoxy) is 2. The fraction of sp³-hybridized carbons (Fsp3) is 0.125. The van der Waals surface area contributed by atoms with Crippen molar-refractivity contribution in [2.45, 2.75) is 0 Å². The summed E-state index contributed by atoms with van der Waals surface area (Å²) in [5.41, 5.74) is 2.35. The highest BCUT2D eigenvalue weighted by molar-refractivity contribution is 6.28. The van der Waals surface area contributed by atoms with Crippen molar-refractivity contribution >= 4 is 22.5 Å². The van der Waals surface area contributed by atoms with Crippen molar-refractivity contribution in [3.8, 4) is 22.8 Å². The number of fused-ring (bicyclic) bond motifs is 1. The third-order valence-electron chi connectivity index (χ3n) is 3.15. The van der Waals surface area contributed by atoms with E-state index in [0.717, 1.165) is 16.6 Å². The van der Waals surface area contributed by atoms with Gasteiger partial charge in [0.05, 0.1) is 25.4 Å². The van der Waals surface area contributed by atoms with Crippen LogP contribution in [-0.4, -0.2) is 24.2 Å². The highest BCUT2D eigenvalue weighted by Gasteiger charge is 2.13. The van der Waals surface area contributed by atoms with Crippen molar-refractivity contribution in [2.24, 2.45) is 0 Å². The van der Waals surface area contributed by atoms with Gasteiger partial charge in [-0.2, -0.15) is 0 Å². The molecule has 3 rings (SSSR count). The maximum atomic E-state index is 6.04. The summed E-state index contributed by atoms with van der Waals surface area (Å²) >= 11 is 6.04. The zero-order valence-electron chi connectivity index (χ0n) is 11.6. The van der Waals surface area contributed by atoms with Crippen molar-refractivity contribution < 1.29 is 9.47 Å². The Labute approximate surface area is 127 Å². The third kappa shape index (κ3) is 2.50. The number of aromatic nitrogens is 2. The van der Waals surface area contributed by atoms with Crippen LogP contribution in [0.3, 0.4) is 0 Å². The Hall–Kier alpha value is -2.33. The van der Waals surface area contributed by atoms with E-state index >= 15 is 0 Å². The van der Waals surface area contributed by atoms with Crippen LogP contribution in [0.15, 0.2) is 36.4 Å². The fourth-order valence-electron chi connectivity index (χ4n) is 2.19. The van der Waals surface area contributed by atoms with Gasteiger partial charge in [-0.3, -0.25) is 0 Å². The van der Waals surface area contributed by atoms with Gasteiger partial charge in [0.25, 0.3) is 0 Å². The Morgan fingerprint density at radius 1 is 1.10 bits per heavy atom. The minimum absolute atomic E-state index is 0.188. The molecule has 0 saturated heterocycles. The molecule has 1 heterocycles. The van der Waals surface area contributed by atoms with E-state index in [1.165, 1.54) is 0 Å². The highest BCUT2D eigenvalue weighted by Crippen LogP contribution is 2.35. The van der Waals surface area contributed by atoms with Crippen molar-refractivity contribution in [1.29, 1.82) is 0 Å². The van der Waals surface area contributed by atoms with Crippen LogP contribution >= 0.6 is 11.6 Å². The quantitative estimate of drug-likeness (QED) is 0.691. The van der Waals surface area contributed by atoms with Gasteiger partial charge in [-0.15, -0.1) is 0 Å². The lowest BCUT2D eigenvalue weighted by atomic mass is 10.1. The Morgan fingerprint density at radius 3 is 2.52 bits per heavy atom. The first-order valence-corrected chi connectivity index (χ1v) is 6.66. The molecule has 0 atom stereocenters. The number of nitrogens with zero attached hydrogens (tertiary/aromatic N) is 2. The van der Waals surface area contributed by atoms with Crippen LogP contribution in [0.2, 0.25) is 5.28 Å². The summed E-state index contributed by atoms with van der Waals surface area (Å²) in [5, 5.41) is 1.03. The number of halogens is 1. The normalized spacial score (nSPS) is 10.6. The second kappa shape index (κ2) is 5.58. The molecule has 0 spiro atoms. The molecule has 2 aromatic carbocycles. The van der Waals surface area contributed by atoms with Gasteiger partial charge in [-0.1, -0.05) is 18.2 Å². The van der Waals surface area contributed by atoms with Gasteiger partial charge in [-0.05, 0) is 29.8 Å². The molecule has 3 aromatic rings. The molecule has 0 amide bonds. The van der Waals surface area contributed by atoms with E-state index in [1.807, 2.05) is 30.3 Å². The summed E-state index contributed by atoms with van der Waals surface area (Å²) < 4.78 is 10.6. The molecule has 0 N–H and O–H groups in total. The van der Waals surface area contributed by atoms with Gasteiger partial charge in [0.2, 0.25) is 5.28 Å². The van der Waals surface area contributed by atoms with Gasteiger partial charge in [0, 0.05) is 17.0 Å². The van der Waals surface area contributed by atoms with E-state index in [4.69, 9.17) is 21.1 Å². The summed E-state index contributed by atoms with van der Waals surface area (Å²) in [6.07, 6.45) is 0. The van der Waals surface area contributed by atoms with E-state index in [0.29, 0.717) is 17.0 Å². The molecule has 1 radical (unpaired) electrons. The molecule has 0 bridgehead atoms. The van der Waals surface area contributed by atoms with Crippen LogP contribution in [0.4, 0.5) is 0 Å². The van der Waals surface area contributed by atoms with Crippen LogP contribution in [0.1, 0.15) is 0 Å². The van der Waals surface area contributed by atoms with Crippen LogP contribution in [0.25, 0.3) is 22.2 Å². The lowest BCUT2D eigenvalue weighted by Gasteiger charge is -2.11. The van der Waals surface area contributed by atoms with E-state index in [-0.39, 0.29) is 5.28 Å². The first-order chi connectivity index (χ1) is 10.2. The van der Waals surface area contributed by atoms with Gasteiger partial charge in [0.1, 0.15) is 0 Å². The zero-order chi connectivity index (χ0) is 14.8. The Balaban J connectivity index is 2.34. The van der Waals surface area contributed by atoms with Gasteiger partial charge < -0.3 is 9.47 Å². The van der Waals surface area contributed by atoms with Crippen LogP contribution in [0, 0.1) is 6.07 Å². The van der Waals surface area contributed by atoms with Gasteiger partial charge >= 0.3 is 0 Å². The summed E-state index contributed by atoms with van der Waals surface area (Å²) in [6.45, 7) is 0. The minimum Gasteiger partial charge on any atom is -0.493 e. The van der Waals surface area contributed by atoms with E-state index in [2.05, 4.69) is 16.0 Å². The smallest absolute Gasteiger partial charge is 0.223 e. The monoisotopic (exact) mass is 299 g/mol. The predicted octanol–water partition coefficient (Wildman–Crippen LogP) is 3.77. The van der Waals surface area contributed by atoms with Crippen LogP contribution in [-0.2, 0) is 0 Å². The largest absolute Gasteiger partial charge is 0.493 e. The molecule has 0 saturated carbocycles. The first kappa shape index (κ1) is 13.6. The van der Waals surface area contributed by atoms with E-state index in [9.17, 15) is 0 Å². The average molecular weight is 300 g/mol. The predicted molar refractivity (Wildman–Crippen MR) is 81.9 cm³/mol. The van der Waals surface area contributed by atoms with Crippen molar-refractivity contribution in [2.75, 3.05) is 14.2 Å². The Morgan fingerprint density at radius 2 is 1.86 bits per heavy atom. The second-order valence-electron chi connectivity index (χ2n) is 4.36. The molecule has 0 aliphatic rings. The fourth-order valence-corrected chi connectivity index (χ4v) is 2.36. The van der Waals surface area contributed by atoms with Crippen molar-refractivity contribution in [1.82, 2.24) is 9.97 Å². The summed E-state index contributed by atoms with van der Waals surface area (Å²) in [4.78, 5) is 8.59. The van der Waals surface area contributed by atoms with Crippen LogP contribution < -0.4 is 9.47 Å². The summed E-state index contributed by atoms with van der Waals surface area (Å²) in [6, 6.07) is 14.2. The lowest BCUT2D eigenvalue weighted by Crippen LogP contribution is -1.95. The molecule has 21 heavy (non-hydrogen) atoms. The highest BCUT2D eigenvalue weighted by atomic mass is 35.5. The third-order valence-corrected chi connectivity index (χ3v) is 3.32. The van der Waals surface area contributed by atoms with Crippen LogP contribution in [0.5, 0.6) is 11.5 Å². The topological polar surface area (TPSA) is 44.2 Å². The van der Waals surface area contributed by atoms with E-state index < -0.39 is 0 Å².